The van der Waals surface area contributed by atoms with E-state index < -0.39 is 0 Å². The molecule has 0 aliphatic heterocycles. The molecule has 0 saturated heterocycles. The van der Waals surface area contributed by atoms with E-state index in [0.717, 1.165) is 31.9 Å². The highest BCUT2D eigenvalue weighted by atomic mass is 127. The normalized spacial score (nSPS) is 10.9. The van der Waals surface area contributed by atoms with Crippen LogP contribution in [0.1, 0.15) is 28.6 Å². The Kier molecular flexibility index (Phi) is 11.6. The van der Waals surface area contributed by atoms with Crippen LogP contribution in [0.4, 0.5) is 0 Å². The lowest BCUT2D eigenvalue weighted by atomic mass is 10.2. The molecule has 2 aromatic rings. The molecule has 0 radical (unpaired) electrons. The van der Waals surface area contributed by atoms with Crippen LogP contribution in [0.3, 0.4) is 0 Å². The summed E-state index contributed by atoms with van der Waals surface area (Å²) < 4.78 is 0. The monoisotopic (exact) mass is 516 g/mol. The van der Waals surface area contributed by atoms with Crippen molar-refractivity contribution in [1.82, 2.24) is 15.5 Å². The van der Waals surface area contributed by atoms with Gasteiger partial charge in [-0.2, -0.15) is 0 Å². The molecule has 0 fully saturated rings. The lowest BCUT2D eigenvalue weighted by Gasteiger charge is -2.21. The van der Waals surface area contributed by atoms with Gasteiger partial charge in [-0.25, -0.2) is 0 Å². The summed E-state index contributed by atoms with van der Waals surface area (Å²) in [5.41, 5.74) is 0.458. The number of phenolic OH excluding ortho intramolecular Hbond substituents is 1. The van der Waals surface area contributed by atoms with Crippen LogP contribution in [0.25, 0.3) is 0 Å². The summed E-state index contributed by atoms with van der Waals surface area (Å²) >= 11 is 1.77. The fraction of sp³-hybridized carbons (Fsp3) is 0.400. The van der Waals surface area contributed by atoms with Crippen LogP contribution in [0.5, 0.6) is 5.75 Å². The Balaban J connectivity index is 0.00000392. The van der Waals surface area contributed by atoms with Gasteiger partial charge in [0.15, 0.2) is 5.96 Å². The number of amides is 1. The maximum absolute atomic E-state index is 12.0. The number of aliphatic imine (C=N–C) groups is 1. The van der Waals surface area contributed by atoms with Crippen molar-refractivity contribution >= 4 is 47.2 Å². The second-order valence-corrected chi connectivity index (χ2v) is 7.18. The van der Waals surface area contributed by atoms with Crippen LogP contribution >= 0.6 is 35.3 Å². The molecule has 154 valence electrons. The Morgan fingerprint density at radius 2 is 2.07 bits per heavy atom. The van der Waals surface area contributed by atoms with Gasteiger partial charge in [0.05, 0.1) is 0 Å². The fourth-order valence-electron chi connectivity index (χ4n) is 2.52. The first-order valence-electron chi connectivity index (χ1n) is 9.19. The number of phenols is 1. The van der Waals surface area contributed by atoms with Crippen LogP contribution < -0.4 is 10.6 Å². The lowest BCUT2D eigenvalue weighted by Crippen LogP contribution is -2.40. The van der Waals surface area contributed by atoms with Crippen molar-refractivity contribution in [2.24, 2.45) is 4.99 Å². The molecule has 0 unspecified atom stereocenters. The molecule has 6 nitrogen and oxygen atoms in total. The number of carbonyl (C=O) groups excluding carboxylic acids is 1. The van der Waals surface area contributed by atoms with Gasteiger partial charge in [0.25, 0.3) is 5.91 Å². The number of likely N-dealkylation sites (N-methyl/N-ethyl adjacent to an activating group) is 1. The van der Waals surface area contributed by atoms with E-state index in [2.05, 4.69) is 45.0 Å². The van der Waals surface area contributed by atoms with E-state index >= 15 is 0 Å². The number of hydrogen-bond acceptors (Lipinski definition) is 4. The van der Waals surface area contributed by atoms with E-state index in [0.29, 0.717) is 18.7 Å². The third-order valence-corrected chi connectivity index (χ3v) is 4.90. The molecule has 0 bridgehead atoms. The second-order valence-electron chi connectivity index (χ2n) is 6.15. The highest BCUT2D eigenvalue weighted by Gasteiger charge is 2.07. The molecule has 1 aromatic carbocycles. The molecule has 2 rings (SSSR count). The largest absolute Gasteiger partial charge is 0.508 e. The predicted octanol–water partition coefficient (Wildman–Crippen LogP) is 3.33. The second kappa shape index (κ2) is 13.4. The van der Waals surface area contributed by atoms with Gasteiger partial charge in [-0.05, 0) is 49.4 Å². The van der Waals surface area contributed by atoms with Crippen LogP contribution in [0.2, 0.25) is 0 Å². The molecule has 3 N–H and O–H groups in total. The minimum Gasteiger partial charge on any atom is -0.508 e. The highest BCUT2D eigenvalue weighted by Crippen LogP contribution is 2.11. The van der Waals surface area contributed by atoms with Crippen molar-refractivity contribution in [3.63, 3.8) is 0 Å². The number of thiophene rings is 1. The number of halogens is 1. The molecule has 0 saturated carbocycles. The minimum absolute atomic E-state index is 0. The predicted molar refractivity (Wildman–Crippen MR) is 127 cm³/mol. The van der Waals surface area contributed by atoms with Crippen LogP contribution in [-0.4, -0.2) is 55.1 Å². The first-order chi connectivity index (χ1) is 13.1. The van der Waals surface area contributed by atoms with Gasteiger partial charge in [0, 0.05) is 43.7 Å². The topological polar surface area (TPSA) is 77.0 Å². The van der Waals surface area contributed by atoms with Crippen molar-refractivity contribution in [3.8, 4) is 5.75 Å². The quantitative estimate of drug-likeness (QED) is 0.207. The molecule has 28 heavy (non-hydrogen) atoms. The van der Waals surface area contributed by atoms with Crippen molar-refractivity contribution in [1.29, 1.82) is 0 Å². The first kappa shape index (κ1) is 24.2. The summed E-state index contributed by atoms with van der Waals surface area (Å²) in [6.07, 6.45) is 1.75. The van der Waals surface area contributed by atoms with E-state index in [-0.39, 0.29) is 35.6 Å². The molecule has 1 heterocycles. The molecule has 0 aliphatic rings. The Morgan fingerprint density at radius 3 is 2.75 bits per heavy atom. The smallest absolute Gasteiger partial charge is 0.251 e. The van der Waals surface area contributed by atoms with Gasteiger partial charge in [-0.3, -0.25) is 9.79 Å². The Labute approximate surface area is 188 Å². The number of nitrogens with zero attached hydrogens (tertiary/aromatic N) is 2. The maximum Gasteiger partial charge on any atom is 0.251 e. The van der Waals surface area contributed by atoms with Gasteiger partial charge >= 0.3 is 0 Å². The molecule has 8 heteroatoms. The average Bonchev–Trinajstić information content (AvgIpc) is 3.18. The summed E-state index contributed by atoms with van der Waals surface area (Å²) in [6, 6.07) is 10.6. The molecular weight excluding hydrogens is 487 g/mol. The van der Waals surface area contributed by atoms with Crippen molar-refractivity contribution in [2.45, 2.75) is 19.8 Å². The number of benzene rings is 1. The number of guanidine groups is 1. The number of carbonyl (C=O) groups is 1. The number of hydrogen-bond donors (Lipinski definition) is 3. The number of rotatable bonds is 9. The van der Waals surface area contributed by atoms with Gasteiger partial charge in [0.1, 0.15) is 5.75 Å². The molecule has 0 spiro atoms. The summed E-state index contributed by atoms with van der Waals surface area (Å²) in [7, 11) is 2.04. The highest BCUT2D eigenvalue weighted by molar-refractivity contribution is 14.0. The standard InChI is InChI=1S/C20H28N4O2S.HI/c1-3-21-20(24(2)13-10-18-9-5-14-27-18)23-12-6-11-22-19(26)16-7-4-8-17(25)15-16;/h4-5,7-9,14-15,25H,3,6,10-13H2,1-2H3,(H,21,23)(H,22,26);1H. The third kappa shape index (κ3) is 8.47. The zero-order valence-corrected chi connectivity index (χ0v) is 19.5. The van der Waals surface area contributed by atoms with E-state index in [1.54, 1.807) is 29.5 Å². The summed E-state index contributed by atoms with van der Waals surface area (Å²) in [5.74, 6) is 0.788. The number of nitrogens with one attached hydrogen (secondary N) is 2. The maximum atomic E-state index is 12.0. The van der Waals surface area contributed by atoms with Crippen LogP contribution in [0.15, 0.2) is 46.8 Å². The number of aromatic hydroxyl groups is 1. The summed E-state index contributed by atoms with van der Waals surface area (Å²) in [5, 5.41) is 17.7. The molecule has 1 amide bonds. The zero-order chi connectivity index (χ0) is 19.5. The average molecular weight is 516 g/mol. The Morgan fingerprint density at radius 1 is 1.25 bits per heavy atom. The van der Waals surface area contributed by atoms with E-state index in [1.165, 1.54) is 10.9 Å². The minimum atomic E-state index is -0.185. The van der Waals surface area contributed by atoms with Gasteiger partial charge in [-0.1, -0.05) is 12.1 Å². The molecule has 0 aliphatic carbocycles. The van der Waals surface area contributed by atoms with E-state index in [4.69, 9.17) is 0 Å². The first-order valence-corrected chi connectivity index (χ1v) is 10.1. The van der Waals surface area contributed by atoms with Gasteiger partial charge in [-0.15, -0.1) is 35.3 Å². The van der Waals surface area contributed by atoms with E-state index in [1.807, 2.05) is 7.05 Å². The summed E-state index contributed by atoms with van der Waals surface area (Å²) in [4.78, 5) is 20.2. The lowest BCUT2D eigenvalue weighted by molar-refractivity contribution is 0.0953. The molecule has 0 atom stereocenters. The SMILES string of the molecule is CCNC(=NCCCNC(=O)c1cccc(O)c1)N(C)CCc1cccs1.I. The fourth-order valence-corrected chi connectivity index (χ4v) is 3.22. The molecule has 1 aromatic heterocycles. The molecular formula is C20H29IN4O2S. The zero-order valence-electron chi connectivity index (χ0n) is 16.4. The van der Waals surface area contributed by atoms with Crippen molar-refractivity contribution in [2.75, 3.05) is 33.2 Å². The van der Waals surface area contributed by atoms with Gasteiger partial charge < -0.3 is 20.6 Å². The van der Waals surface area contributed by atoms with Crippen molar-refractivity contribution in [3.05, 3.63) is 52.2 Å². The Bertz CT molecular complexity index is 738. The van der Waals surface area contributed by atoms with Gasteiger partial charge in [0.2, 0.25) is 0 Å². The van der Waals surface area contributed by atoms with Crippen molar-refractivity contribution < 1.29 is 9.90 Å². The Hall–Kier alpha value is -1.81. The van der Waals surface area contributed by atoms with Crippen LogP contribution in [0, 0.1) is 0 Å². The summed E-state index contributed by atoms with van der Waals surface area (Å²) in [6.45, 7) is 4.94. The van der Waals surface area contributed by atoms with Crippen LogP contribution in [-0.2, 0) is 6.42 Å². The third-order valence-electron chi connectivity index (χ3n) is 3.96. The van der Waals surface area contributed by atoms with E-state index in [9.17, 15) is 9.90 Å².